The first-order valence-corrected chi connectivity index (χ1v) is 6.06. The number of carbonyl (C=O) groups is 1. The molecule has 3 heteroatoms. The smallest absolute Gasteiger partial charge is 0.314 e. The van der Waals surface area contributed by atoms with Crippen molar-refractivity contribution in [1.82, 2.24) is 0 Å². The molecule has 1 aliphatic rings. The Labute approximate surface area is 100 Å². The van der Waals surface area contributed by atoms with Crippen LogP contribution in [-0.2, 0) is 10.2 Å². The van der Waals surface area contributed by atoms with Crippen molar-refractivity contribution in [2.24, 2.45) is 0 Å². The van der Waals surface area contributed by atoms with Crippen LogP contribution in [0.15, 0.2) is 18.2 Å². The molecule has 1 N–H and O–H groups in total. The van der Waals surface area contributed by atoms with Gasteiger partial charge in [0.2, 0.25) is 0 Å². The fourth-order valence-electron chi connectivity index (χ4n) is 2.76. The van der Waals surface area contributed by atoms with Crippen LogP contribution < -0.4 is 0 Å². The Kier molecular flexibility index (Phi) is 3.18. The molecule has 0 unspecified atom stereocenters. The van der Waals surface area contributed by atoms with E-state index in [4.69, 9.17) is 0 Å². The summed E-state index contributed by atoms with van der Waals surface area (Å²) in [6, 6.07) is 4.86. The Morgan fingerprint density at radius 2 is 1.94 bits per heavy atom. The highest BCUT2D eigenvalue weighted by molar-refractivity contribution is 5.81. The Morgan fingerprint density at radius 1 is 1.29 bits per heavy atom. The van der Waals surface area contributed by atoms with E-state index < -0.39 is 11.4 Å². The Morgan fingerprint density at radius 3 is 2.47 bits per heavy atom. The van der Waals surface area contributed by atoms with Crippen LogP contribution >= 0.6 is 0 Å². The molecule has 1 fully saturated rings. The summed E-state index contributed by atoms with van der Waals surface area (Å²) >= 11 is 0. The number of aliphatic carboxylic acids is 1. The fourth-order valence-corrected chi connectivity index (χ4v) is 2.76. The van der Waals surface area contributed by atoms with Crippen LogP contribution in [-0.4, -0.2) is 11.1 Å². The van der Waals surface area contributed by atoms with Gasteiger partial charge in [0.15, 0.2) is 0 Å². The molecule has 0 aromatic heterocycles. The normalized spacial score (nSPS) is 18.9. The zero-order valence-electron chi connectivity index (χ0n) is 10.0. The van der Waals surface area contributed by atoms with Gasteiger partial charge in [-0.1, -0.05) is 31.4 Å². The minimum atomic E-state index is -1.00. The third-order valence-corrected chi connectivity index (χ3v) is 3.76. The van der Waals surface area contributed by atoms with Crippen molar-refractivity contribution in [3.8, 4) is 0 Å². The van der Waals surface area contributed by atoms with E-state index in [2.05, 4.69) is 0 Å². The average Bonchev–Trinajstić information content (AvgIpc) is 2.29. The number of carboxylic acids is 1. The van der Waals surface area contributed by atoms with Crippen LogP contribution in [0.3, 0.4) is 0 Å². The van der Waals surface area contributed by atoms with Crippen molar-refractivity contribution in [3.63, 3.8) is 0 Å². The van der Waals surface area contributed by atoms with Crippen molar-refractivity contribution in [2.45, 2.75) is 44.4 Å². The van der Waals surface area contributed by atoms with E-state index >= 15 is 0 Å². The van der Waals surface area contributed by atoms with E-state index in [0.717, 1.165) is 24.8 Å². The molecule has 0 spiro atoms. The van der Waals surface area contributed by atoms with Crippen molar-refractivity contribution in [2.75, 3.05) is 0 Å². The van der Waals surface area contributed by atoms with E-state index in [1.165, 1.54) is 6.07 Å². The molecule has 0 aliphatic heterocycles. The minimum absolute atomic E-state index is 0.357. The maximum atomic E-state index is 14.0. The number of halogens is 1. The van der Waals surface area contributed by atoms with Gasteiger partial charge >= 0.3 is 5.97 Å². The lowest BCUT2D eigenvalue weighted by Crippen LogP contribution is -2.38. The van der Waals surface area contributed by atoms with E-state index in [1.54, 1.807) is 19.1 Å². The lowest BCUT2D eigenvalue weighted by atomic mass is 9.69. The molecule has 0 heterocycles. The van der Waals surface area contributed by atoms with E-state index in [9.17, 15) is 14.3 Å². The van der Waals surface area contributed by atoms with E-state index in [1.807, 2.05) is 0 Å². The number of hydrogen-bond donors (Lipinski definition) is 1. The lowest BCUT2D eigenvalue weighted by Gasteiger charge is -2.33. The summed E-state index contributed by atoms with van der Waals surface area (Å²) in [6.45, 7) is 1.81. The third-order valence-electron chi connectivity index (χ3n) is 3.76. The van der Waals surface area contributed by atoms with E-state index in [-0.39, 0.29) is 5.82 Å². The molecule has 0 bridgehead atoms. The number of rotatable bonds is 2. The quantitative estimate of drug-likeness (QED) is 0.854. The standard InChI is InChI=1S/C14H17FO2/c1-10-5-6-11(12(15)9-10)14(13(16)17)7-3-2-4-8-14/h5-6,9H,2-4,7-8H2,1H3,(H,16,17). The molecule has 0 saturated heterocycles. The topological polar surface area (TPSA) is 37.3 Å². The molecule has 2 rings (SSSR count). The summed E-state index contributed by atoms with van der Waals surface area (Å²) < 4.78 is 14.0. The predicted octanol–water partition coefficient (Wildman–Crippen LogP) is 3.42. The van der Waals surface area contributed by atoms with E-state index in [0.29, 0.717) is 18.4 Å². The molecule has 17 heavy (non-hydrogen) atoms. The highest BCUT2D eigenvalue weighted by Crippen LogP contribution is 2.40. The molecule has 1 saturated carbocycles. The fraction of sp³-hybridized carbons (Fsp3) is 0.500. The summed E-state index contributed by atoms with van der Waals surface area (Å²) in [5.74, 6) is -1.27. The molecule has 0 radical (unpaired) electrons. The van der Waals surface area contributed by atoms with Gasteiger partial charge in [0.25, 0.3) is 0 Å². The van der Waals surface area contributed by atoms with Gasteiger partial charge in [-0.05, 0) is 31.4 Å². The van der Waals surface area contributed by atoms with Crippen molar-refractivity contribution in [3.05, 3.63) is 35.1 Å². The molecule has 1 aliphatic carbocycles. The van der Waals surface area contributed by atoms with Crippen molar-refractivity contribution >= 4 is 5.97 Å². The maximum Gasteiger partial charge on any atom is 0.314 e. The molecule has 92 valence electrons. The number of benzene rings is 1. The third kappa shape index (κ3) is 2.06. The second kappa shape index (κ2) is 4.47. The van der Waals surface area contributed by atoms with Gasteiger partial charge < -0.3 is 5.11 Å². The van der Waals surface area contributed by atoms with Gasteiger partial charge in [-0.2, -0.15) is 0 Å². The maximum absolute atomic E-state index is 14.0. The second-order valence-corrected chi connectivity index (χ2v) is 4.93. The van der Waals surface area contributed by atoms with Crippen LogP contribution in [0.4, 0.5) is 4.39 Å². The predicted molar refractivity (Wildman–Crippen MR) is 63.5 cm³/mol. The highest BCUT2D eigenvalue weighted by atomic mass is 19.1. The van der Waals surface area contributed by atoms with Crippen molar-refractivity contribution in [1.29, 1.82) is 0 Å². The van der Waals surface area contributed by atoms with Crippen LogP contribution in [0.25, 0.3) is 0 Å². The molecule has 1 aromatic carbocycles. The molecule has 1 aromatic rings. The molecular formula is C14H17FO2. The molecular weight excluding hydrogens is 219 g/mol. The lowest BCUT2D eigenvalue weighted by molar-refractivity contribution is -0.145. The molecule has 2 nitrogen and oxygen atoms in total. The van der Waals surface area contributed by atoms with Gasteiger partial charge in [-0.15, -0.1) is 0 Å². The first-order chi connectivity index (χ1) is 8.06. The first-order valence-electron chi connectivity index (χ1n) is 6.06. The zero-order chi connectivity index (χ0) is 12.5. The summed E-state index contributed by atoms with van der Waals surface area (Å²) in [7, 11) is 0. The Balaban J connectivity index is 2.49. The Hall–Kier alpha value is -1.38. The van der Waals surface area contributed by atoms with Crippen LogP contribution in [0.2, 0.25) is 0 Å². The molecule has 0 amide bonds. The van der Waals surface area contributed by atoms with Gasteiger partial charge in [0.1, 0.15) is 5.82 Å². The van der Waals surface area contributed by atoms with Gasteiger partial charge in [-0.3, -0.25) is 4.79 Å². The summed E-state index contributed by atoms with van der Waals surface area (Å²) in [6.07, 6.45) is 3.85. The monoisotopic (exact) mass is 236 g/mol. The highest BCUT2D eigenvalue weighted by Gasteiger charge is 2.42. The van der Waals surface area contributed by atoms with Crippen LogP contribution in [0.1, 0.15) is 43.2 Å². The number of carboxylic acid groups (broad SMARTS) is 1. The minimum Gasteiger partial charge on any atom is -0.481 e. The second-order valence-electron chi connectivity index (χ2n) is 4.93. The van der Waals surface area contributed by atoms with Crippen LogP contribution in [0, 0.1) is 12.7 Å². The number of hydrogen-bond acceptors (Lipinski definition) is 1. The summed E-state index contributed by atoms with van der Waals surface area (Å²) in [4.78, 5) is 11.5. The van der Waals surface area contributed by atoms with Gasteiger partial charge in [0, 0.05) is 5.56 Å². The number of aryl methyl sites for hydroxylation is 1. The van der Waals surface area contributed by atoms with Gasteiger partial charge in [0.05, 0.1) is 5.41 Å². The summed E-state index contributed by atoms with van der Waals surface area (Å²) in [5, 5.41) is 9.47. The van der Waals surface area contributed by atoms with Gasteiger partial charge in [-0.25, -0.2) is 4.39 Å². The summed E-state index contributed by atoms with van der Waals surface area (Å²) in [5.41, 5.74) is 0.175. The van der Waals surface area contributed by atoms with Crippen LogP contribution in [0.5, 0.6) is 0 Å². The largest absolute Gasteiger partial charge is 0.481 e. The van der Waals surface area contributed by atoms with Crippen molar-refractivity contribution < 1.29 is 14.3 Å². The Bertz CT molecular complexity index is 434. The molecule has 0 atom stereocenters. The zero-order valence-corrected chi connectivity index (χ0v) is 10.0. The average molecular weight is 236 g/mol. The SMILES string of the molecule is Cc1ccc(C2(C(=O)O)CCCCC2)c(F)c1. The first kappa shape index (κ1) is 12.1.